The zero-order valence-electron chi connectivity index (χ0n) is 20.6. The second kappa shape index (κ2) is 11.2. The highest BCUT2D eigenvalue weighted by Gasteiger charge is 2.44. The number of carboxylic acids is 1. The zero-order valence-corrected chi connectivity index (χ0v) is 20.6. The number of ether oxygens (including phenoxy) is 4. The summed E-state index contributed by atoms with van der Waals surface area (Å²) < 4.78 is 20.8. The van der Waals surface area contributed by atoms with E-state index in [-0.39, 0.29) is 46.3 Å². The molecule has 37 heavy (non-hydrogen) atoms. The Bertz CT molecular complexity index is 1340. The molecule has 3 rings (SSSR count). The largest absolute Gasteiger partial charge is 0.493 e. The van der Waals surface area contributed by atoms with Gasteiger partial charge in [-0.3, -0.25) is 4.90 Å². The summed E-state index contributed by atoms with van der Waals surface area (Å²) in [5.41, 5.74) is 5.67. The highest BCUT2D eigenvalue weighted by Crippen LogP contribution is 2.45. The van der Waals surface area contributed by atoms with Crippen LogP contribution in [0, 0.1) is 11.3 Å². The average Bonchev–Trinajstić information content (AvgIpc) is 2.91. The van der Waals surface area contributed by atoms with Crippen molar-refractivity contribution >= 4 is 23.6 Å². The van der Waals surface area contributed by atoms with Crippen molar-refractivity contribution in [1.29, 1.82) is 5.26 Å². The third-order valence-electron chi connectivity index (χ3n) is 5.66. The smallest absolute Gasteiger partial charge is 0.355 e. The molecule has 1 aliphatic heterocycles. The van der Waals surface area contributed by atoms with Crippen LogP contribution < -0.4 is 20.1 Å². The van der Waals surface area contributed by atoms with Crippen molar-refractivity contribution in [1.82, 2.24) is 0 Å². The molecule has 0 aromatic heterocycles. The van der Waals surface area contributed by atoms with Crippen molar-refractivity contribution < 1.29 is 38.4 Å². The Hall–Kier alpha value is -4.98. The summed E-state index contributed by atoms with van der Waals surface area (Å²) in [6, 6.07) is 13.0. The van der Waals surface area contributed by atoms with Crippen molar-refractivity contribution in [3.63, 3.8) is 0 Å². The van der Waals surface area contributed by atoms with Crippen molar-refractivity contribution in [2.24, 2.45) is 5.73 Å². The number of anilines is 1. The van der Waals surface area contributed by atoms with Gasteiger partial charge in [-0.25, -0.2) is 14.4 Å². The molecule has 11 nitrogen and oxygen atoms in total. The number of allylic oxidation sites excluding steroid dienone is 1. The normalized spacial score (nSPS) is 15.1. The highest BCUT2D eigenvalue weighted by molar-refractivity contribution is 6.08. The van der Waals surface area contributed by atoms with Crippen molar-refractivity contribution in [2.45, 2.75) is 12.8 Å². The van der Waals surface area contributed by atoms with Crippen LogP contribution in [0.5, 0.6) is 11.5 Å². The van der Waals surface area contributed by atoms with Crippen LogP contribution in [0.4, 0.5) is 5.69 Å². The molecule has 0 bridgehead atoms. The maximum Gasteiger partial charge on any atom is 0.355 e. The Balaban J connectivity index is 2.50. The number of esters is 2. The summed E-state index contributed by atoms with van der Waals surface area (Å²) in [5, 5.41) is 20.2. The molecular formula is C26H25N3O8. The molecular weight excluding hydrogens is 482 g/mol. The van der Waals surface area contributed by atoms with Crippen molar-refractivity contribution in [3.8, 4) is 17.6 Å². The van der Waals surface area contributed by atoms with E-state index in [9.17, 15) is 24.8 Å². The molecule has 192 valence electrons. The molecule has 0 amide bonds. The Morgan fingerprint density at radius 3 is 2.22 bits per heavy atom. The second-order valence-corrected chi connectivity index (χ2v) is 7.59. The van der Waals surface area contributed by atoms with Crippen molar-refractivity contribution in [3.05, 3.63) is 76.3 Å². The summed E-state index contributed by atoms with van der Waals surface area (Å²) in [6.07, 6.45) is 0. The molecule has 0 saturated carbocycles. The topological polar surface area (TPSA) is 161 Å². The Labute approximate surface area is 212 Å². The lowest BCUT2D eigenvalue weighted by molar-refractivity contribution is -0.139. The molecule has 0 saturated heterocycles. The van der Waals surface area contributed by atoms with E-state index in [0.29, 0.717) is 5.56 Å². The van der Waals surface area contributed by atoms with Crippen LogP contribution in [0.15, 0.2) is 65.1 Å². The molecule has 3 N–H and O–H groups in total. The van der Waals surface area contributed by atoms with E-state index >= 15 is 0 Å². The van der Waals surface area contributed by atoms with Crippen LogP contribution in [-0.2, 0) is 19.1 Å². The maximum atomic E-state index is 13.2. The third-order valence-corrected chi connectivity index (χ3v) is 5.66. The lowest BCUT2D eigenvalue weighted by atomic mass is 9.80. The quantitative estimate of drug-likeness (QED) is 0.505. The second-order valence-electron chi connectivity index (χ2n) is 7.59. The van der Waals surface area contributed by atoms with Gasteiger partial charge in [-0.1, -0.05) is 30.3 Å². The fourth-order valence-electron chi connectivity index (χ4n) is 4.10. The van der Waals surface area contributed by atoms with Gasteiger partial charge in [0.15, 0.2) is 11.5 Å². The summed E-state index contributed by atoms with van der Waals surface area (Å²) in [7, 11) is 3.56. The van der Waals surface area contributed by atoms with Gasteiger partial charge < -0.3 is 29.8 Å². The summed E-state index contributed by atoms with van der Waals surface area (Å²) in [5.74, 6) is -4.45. The molecule has 0 radical (unpaired) electrons. The molecule has 2 aromatic rings. The lowest BCUT2D eigenvalue weighted by Gasteiger charge is -2.36. The minimum absolute atomic E-state index is 0.108. The van der Waals surface area contributed by atoms with Crippen LogP contribution in [-0.4, -0.2) is 51.0 Å². The fraction of sp³-hybridized carbons (Fsp3) is 0.231. The molecule has 0 fully saturated rings. The molecule has 2 aromatic carbocycles. The number of nitrogens with two attached hydrogens (primary N) is 1. The first-order valence-corrected chi connectivity index (χ1v) is 11.0. The van der Waals surface area contributed by atoms with Crippen molar-refractivity contribution in [2.75, 3.05) is 32.8 Å². The molecule has 1 unspecified atom stereocenters. The Kier molecular flexibility index (Phi) is 8.04. The molecule has 1 atom stereocenters. The van der Waals surface area contributed by atoms with E-state index in [4.69, 9.17) is 24.7 Å². The molecule has 0 spiro atoms. The number of nitrogens with zero attached hydrogens (tertiary/aromatic N) is 2. The van der Waals surface area contributed by atoms with Crippen LogP contribution >= 0.6 is 0 Å². The number of rotatable bonds is 8. The van der Waals surface area contributed by atoms with Gasteiger partial charge in [-0.2, -0.15) is 5.26 Å². The van der Waals surface area contributed by atoms with Gasteiger partial charge in [-0.05, 0) is 12.5 Å². The van der Waals surface area contributed by atoms with Gasteiger partial charge in [0.2, 0.25) is 0 Å². The lowest BCUT2D eigenvalue weighted by Crippen LogP contribution is -2.41. The zero-order chi connectivity index (χ0) is 27.3. The summed E-state index contributed by atoms with van der Waals surface area (Å²) in [6.45, 7) is 1.93. The minimum Gasteiger partial charge on any atom is -0.493 e. The van der Waals surface area contributed by atoms with Gasteiger partial charge in [0, 0.05) is 12.1 Å². The predicted octanol–water partition coefficient (Wildman–Crippen LogP) is 2.69. The number of carbonyl (C=O) groups excluding carboxylic acids is 2. The van der Waals surface area contributed by atoms with Crippen LogP contribution in [0.2, 0.25) is 0 Å². The first-order valence-electron chi connectivity index (χ1n) is 11.0. The van der Waals surface area contributed by atoms with E-state index in [2.05, 4.69) is 0 Å². The van der Waals surface area contributed by atoms with Crippen LogP contribution in [0.25, 0.3) is 0 Å². The molecule has 1 heterocycles. The Morgan fingerprint density at radius 1 is 1.05 bits per heavy atom. The van der Waals surface area contributed by atoms with Crippen LogP contribution in [0.3, 0.4) is 0 Å². The average molecular weight is 507 g/mol. The number of hydrogen-bond donors (Lipinski definition) is 2. The van der Waals surface area contributed by atoms with Gasteiger partial charge >= 0.3 is 17.9 Å². The van der Waals surface area contributed by atoms with E-state index < -0.39 is 29.5 Å². The number of hydrogen-bond acceptors (Lipinski definition) is 10. The number of benzene rings is 2. The molecule has 1 aliphatic rings. The molecule has 11 heteroatoms. The first kappa shape index (κ1) is 26.6. The van der Waals surface area contributed by atoms with E-state index in [1.165, 1.54) is 19.2 Å². The van der Waals surface area contributed by atoms with Gasteiger partial charge in [0.25, 0.3) is 0 Å². The Morgan fingerprint density at radius 2 is 1.70 bits per heavy atom. The maximum absolute atomic E-state index is 13.2. The van der Waals surface area contributed by atoms with Crippen LogP contribution in [0.1, 0.15) is 28.8 Å². The van der Waals surface area contributed by atoms with Gasteiger partial charge in [0.05, 0.1) is 62.3 Å². The summed E-state index contributed by atoms with van der Waals surface area (Å²) >= 11 is 0. The number of carboxylic acid groups (broad SMARTS) is 1. The van der Waals surface area contributed by atoms with E-state index in [1.54, 1.807) is 37.3 Å². The fourth-order valence-corrected chi connectivity index (χ4v) is 4.10. The van der Waals surface area contributed by atoms with E-state index in [1.807, 2.05) is 6.07 Å². The van der Waals surface area contributed by atoms with Gasteiger partial charge in [-0.15, -0.1) is 0 Å². The monoisotopic (exact) mass is 507 g/mol. The number of carbonyl (C=O) groups is 3. The predicted molar refractivity (Wildman–Crippen MR) is 131 cm³/mol. The molecule has 0 aliphatic carbocycles. The number of aromatic carboxylic acids is 1. The third kappa shape index (κ3) is 4.77. The SMILES string of the molecule is CCOc1cc(C(=O)O)c(N2C(N)=C(C#N)C(c3ccccc3)C(C(=O)OC)=C2C(=O)OC)cc1OC. The van der Waals surface area contributed by atoms with E-state index in [0.717, 1.165) is 19.1 Å². The van der Waals surface area contributed by atoms with Gasteiger partial charge in [0.1, 0.15) is 11.5 Å². The minimum atomic E-state index is -1.39. The number of nitriles is 1. The number of methoxy groups -OCH3 is 3. The first-order chi connectivity index (χ1) is 17.7. The standard InChI is InChI=1S/C26H25N3O8/c1-5-37-19-11-15(24(30)31)17(12-18(19)34-2)29-22(26(33)36-4)21(25(32)35-3)20(16(13-27)23(29)28)14-9-7-6-8-10-14/h6-12,20H,5,28H2,1-4H3,(H,30,31). The summed E-state index contributed by atoms with van der Waals surface area (Å²) in [4.78, 5) is 39.7. The highest BCUT2D eigenvalue weighted by atomic mass is 16.5.